The Morgan fingerprint density at radius 3 is 2.68 bits per heavy atom. The molecule has 19 heavy (non-hydrogen) atoms. The lowest BCUT2D eigenvalue weighted by Gasteiger charge is -2.13. The molecule has 0 heterocycles. The number of amides is 1. The summed E-state index contributed by atoms with van der Waals surface area (Å²) in [4.78, 5) is 11.1. The molecule has 5 nitrogen and oxygen atoms in total. The summed E-state index contributed by atoms with van der Waals surface area (Å²) in [5.41, 5.74) is -1.84. The summed E-state index contributed by atoms with van der Waals surface area (Å²) in [5, 5.41) is 18.9. The maximum Gasteiger partial charge on any atom is 0.418 e. The van der Waals surface area contributed by atoms with Gasteiger partial charge in [-0.15, -0.1) is 0 Å². The molecule has 0 saturated carbocycles. The third-order valence-electron chi connectivity index (χ3n) is 2.02. The highest BCUT2D eigenvalue weighted by atomic mass is 19.4. The molecule has 1 amide bonds. The van der Waals surface area contributed by atoms with Gasteiger partial charge in [0.05, 0.1) is 29.5 Å². The van der Waals surface area contributed by atoms with E-state index in [0.29, 0.717) is 6.07 Å². The first kappa shape index (κ1) is 14.8. The molecule has 1 aromatic carbocycles. The molecule has 0 unspecified atom stereocenters. The zero-order chi connectivity index (χ0) is 14.5. The number of hydrogen-bond acceptors (Lipinski definition) is 4. The number of hydrogen-bond donors (Lipinski definition) is 2. The van der Waals surface area contributed by atoms with Gasteiger partial charge in [0.2, 0.25) is 0 Å². The van der Waals surface area contributed by atoms with Crippen LogP contribution in [0.1, 0.15) is 11.1 Å². The number of nitrogens with zero attached hydrogens (tertiary/aromatic N) is 1. The maximum atomic E-state index is 12.7. The Labute approximate surface area is 106 Å². The van der Waals surface area contributed by atoms with Crippen molar-refractivity contribution in [2.24, 2.45) is 0 Å². The van der Waals surface area contributed by atoms with Crippen LogP contribution in [0.4, 0.5) is 23.7 Å². The number of benzene rings is 1. The van der Waals surface area contributed by atoms with Crippen LogP contribution in [0.15, 0.2) is 18.2 Å². The lowest BCUT2D eigenvalue weighted by Crippen LogP contribution is -2.19. The van der Waals surface area contributed by atoms with Gasteiger partial charge in [-0.05, 0) is 18.2 Å². The molecule has 0 fully saturated rings. The lowest BCUT2D eigenvalue weighted by molar-refractivity contribution is -0.136. The van der Waals surface area contributed by atoms with E-state index < -0.39 is 30.1 Å². The Morgan fingerprint density at radius 1 is 1.47 bits per heavy atom. The fourth-order valence-electron chi connectivity index (χ4n) is 1.24. The molecule has 102 valence electrons. The van der Waals surface area contributed by atoms with E-state index in [-0.39, 0.29) is 12.2 Å². The molecular formula is C11H9F3N2O3. The Hall–Kier alpha value is -2.27. The number of rotatable bonds is 3. The molecular weight excluding hydrogens is 265 g/mol. The molecule has 8 heteroatoms. The number of aliphatic hydroxyl groups is 1. The fourth-order valence-corrected chi connectivity index (χ4v) is 1.24. The van der Waals surface area contributed by atoms with Crippen LogP contribution < -0.4 is 5.32 Å². The minimum atomic E-state index is -4.72. The Morgan fingerprint density at radius 2 is 2.16 bits per heavy atom. The van der Waals surface area contributed by atoms with Crippen molar-refractivity contribution in [3.05, 3.63) is 29.3 Å². The normalized spacial score (nSPS) is 10.7. The van der Waals surface area contributed by atoms with Crippen LogP contribution in [0.5, 0.6) is 0 Å². The van der Waals surface area contributed by atoms with Crippen LogP contribution in [-0.2, 0) is 10.9 Å². The third kappa shape index (κ3) is 4.15. The summed E-state index contributed by atoms with van der Waals surface area (Å²) >= 11 is 0. The predicted octanol–water partition coefficient (Wildman–Crippen LogP) is 2.12. The van der Waals surface area contributed by atoms with Gasteiger partial charge >= 0.3 is 12.3 Å². The lowest BCUT2D eigenvalue weighted by atomic mass is 10.1. The van der Waals surface area contributed by atoms with Gasteiger partial charge in [0.15, 0.2) is 0 Å². The van der Waals surface area contributed by atoms with Crippen molar-refractivity contribution in [2.75, 3.05) is 18.5 Å². The standard InChI is InChI=1S/C11H9F3N2O3/c12-11(13,14)8-5-7(6-15)1-2-9(8)16-10(18)19-4-3-17/h1-2,5,17H,3-4H2,(H,16,18). The van der Waals surface area contributed by atoms with Crippen molar-refractivity contribution in [1.82, 2.24) is 0 Å². The van der Waals surface area contributed by atoms with Gasteiger partial charge in [0, 0.05) is 0 Å². The van der Waals surface area contributed by atoms with Crippen molar-refractivity contribution < 1.29 is 27.8 Å². The molecule has 0 spiro atoms. The first-order chi connectivity index (χ1) is 8.88. The Bertz CT molecular complexity index is 509. The SMILES string of the molecule is N#Cc1ccc(NC(=O)OCCO)c(C(F)(F)F)c1. The third-order valence-corrected chi connectivity index (χ3v) is 2.02. The van der Waals surface area contributed by atoms with Crippen molar-refractivity contribution in [3.8, 4) is 6.07 Å². The average Bonchev–Trinajstić information content (AvgIpc) is 2.35. The number of halogens is 3. The van der Waals surface area contributed by atoms with Crippen LogP contribution in [-0.4, -0.2) is 24.4 Å². The number of nitrogens with one attached hydrogen (secondary N) is 1. The molecule has 0 radical (unpaired) electrons. The quantitative estimate of drug-likeness (QED) is 0.884. The van der Waals surface area contributed by atoms with Crippen LogP contribution in [0.25, 0.3) is 0 Å². The summed E-state index contributed by atoms with van der Waals surface area (Å²) in [7, 11) is 0. The van der Waals surface area contributed by atoms with Crippen LogP contribution in [0.3, 0.4) is 0 Å². The van der Waals surface area contributed by atoms with Gasteiger partial charge in [0.1, 0.15) is 6.61 Å². The second kappa shape index (κ2) is 6.06. The van der Waals surface area contributed by atoms with Crippen molar-refractivity contribution in [1.29, 1.82) is 5.26 Å². The Kier molecular flexibility index (Phi) is 4.72. The molecule has 0 aromatic heterocycles. The highest BCUT2D eigenvalue weighted by molar-refractivity contribution is 5.86. The maximum absolute atomic E-state index is 12.7. The molecule has 1 rings (SSSR count). The highest BCUT2D eigenvalue weighted by Gasteiger charge is 2.34. The average molecular weight is 274 g/mol. The van der Waals surface area contributed by atoms with E-state index in [1.165, 1.54) is 0 Å². The minimum absolute atomic E-state index is 0.179. The second-order valence-electron chi connectivity index (χ2n) is 3.35. The van der Waals surface area contributed by atoms with E-state index in [2.05, 4.69) is 4.74 Å². The van der Waals surface area contributed by atoms with E-state index in [4.69, 9.17) is 10.4 Å². The fraction of sp³-hybridized carbons (Fsp3) is 0.273. The van der Waals surface area contributed by atoms with Crippen molar-refractivity contribution >= 4 is 11.8 Å². The zero-order valence-corrected chi connectivity index (χ0v) is 9.49. The number of aliphatic hydroxyl groups excluding tert-OH is 1. The topological polar surface area (TPSA) is 82.4 Å². The molecule has 2 N–H and O–H groups in total. The number of ether oxygens (including phenoxy) is 1. The number of anilines is 1. The highest BCUT2D eigenvalue weighted by Crippen LogP contribution is 2.35. The van der Waals surface area contributed by atoms with Gasteiger partial charge in [-0.1, -0.05) is 0 Å². The van der Waals surface area contributed by atoms with E-state index in [1.807, 2.05) is 5.32 Å². The summed E-state index contributed by atoms with van der Waals surface area (Å²) in [6, 6.07) is 4.30. The monoisotopic (exact) mass is 274 g/mol. The van der Waals surface area contributed by atoms with E-state index in [9.17, 15) is 18.0 Å². The van der Waals surface area contributed by atoms with Gasteiger partial charge in [-0.2, -0.15) is 18.4 Å². The molecule has 0 saturated heterocycles. The number of carbonyl (C=O) groups is 1. The first-order valence-electron chi connectivity index (χ1n) is 5.04. The van der Waals surface area contributed by atoms with Gasteiger partial charge in [0.25, 0.3) is 0 Å². The molecule has 0 bridgehead atoms. The summed E-state index contributed by atoms with van der Waals surface area (Å²) < 4.78 is 42.6. The number of carbonyl (C=O) groups excluding carboxylic acids is 1. The Balaban J connectivity index is 3.01. The van der Waals surface area contributed by atoms with Crippen LogP contribution in [0, 0.1) is 11.3 Å². The second-order valence-corrected chi connectivity index (χ2v) is 3.35. The zero-order valence-electron chi connectivity index (χ0n) is 9.49. The van der Waals surface area contributed by atoms with Gasteiger partial charge in [-0.3, -0.25) is 5.32 Å². The minimum Gasteiger partial charge on any atom is -0.447 e. The summed E-state index contributed by atoms with van der Waals surface area (Å²) in [6.45, 7) is -0.767. The summed E-state index contributed by atoms with van der Waals surface area (Å²) in [5.74, 6) is 0. The van der Waals surface area contributed by atoms with E-state index >= 15 is 0 Å². The molecule has 0 aliphatic carbocycles. The first-order valence-corrected chi connectivity index (χ1v) is 5.04. The predicted molar refractivity (Wildman–Crippen MR) is 58.2 cm³/mol. The molecule has 0 atom stereocenters. The molecule has 0 aliphatic heterocycles. The van der Waals surface area contributed by atoms with Crippen molar-refractivity contribution in [2.45, 2.75) is 6.18 Å². The number of alkyl halides is 3. The molecule has 0 aliphatic rings. The van der Waals surface area contributed by atoms with Gasteiger partial charge in [-0.25, -0.2) is 4.79 Å². The van der Waals surface area contributed by atoms with E-state index in [0.717, 1.165) is 12.1 Å². The summed E-state index contributed by atoms with van der Waals surface area (Å²) in [6.07, 6.45) is -5.84. The van der Waals surface area contributed by atoms with Crippen molar-refractivity contribution in [3.63, 3.8) is 0 Å². The van der Waals surface area contributed by atoms with Gasteiger partial charge < -0.3 is 9.84 Å². The smallest absolute Gasteiger partial charge is 0.418 e. The number of nitriles is 1. The van der Waals surface area contributed by atoms with Crippen LogP contribution >= 0.6 is 0 Å². The van der Waals surface area contributed by atoms with E-state index in [1.54, 1.807) is 6.07 Å². The van der Waals surface area contributed by atoms with Crippen LogP contribution in [0.2, 0.25) is 0 Å². The molecule has 1 aromatic rings. The largest absolute Gasteiger partial charge is 0.447 e.